The van der Waals surface area contributed by atoms with E-state index >= 15 is 0 Å². The molecule has 0 spiro atoms. The van der Waals surface area contributed by atoms with Crippen LogP contribution in [0.3, 0.4) is 0 Å². The van der Waals surface area contributed by atoms with Crippen LogP contribution in [0, 0.1) is 20.8 Å². The normalized spacial score (nSPS) is 21.1. The van der Waals surface area contributed by atoms with Crippen LogP contribution in [0.5, 0.6) is 11.5 Å². The quantitative estimate of drug-likeness (QED) is 0.493. The highest BCUT2D eigenvalue weighted by atomic mass is 32.2. The van der Waals surface area contributed by atoms with E-state index in [1.54, 1.807) is 19.1 Å². The molecule has 0 fully saturated rings. The SMILES string of the molecule is CC(=O)Oc1c(C)c(C)c2c(c1C)CCC(C)(C(=O)Nc1ccc(CC3=NS(=O)ON3)cc1)O2. The molecule has 0 saturated carbocycles. The van der Waals surface area contributed by atoms with E-state index in [1.165, 1.54) is 6.92 Å². The zero-order valence-corrected chi connectivity index (χ0v) is 20.6. The number of carbonyl (C=O) groups excluding carboxylic acids is 2. The van der Waals surface area contributed by atoms with Crippen LogP contribution in [-0.2, 0) is 38.0 Å². The zero-order chi connectivity index (χ0) is 24.6. The number of benzene rings is 2. The lowest BCUT2D eigenvalue weighted by molar-refractivity contribution is -0.132. The average molecular weight is 486 g/mol. The third-order valence-electron chi connectivity index (χ3n) is 6.22. The summed E-state index contributed by atoms with van der Waals surface area (Å²) in [6, 6.07) is 7.30. The Labute approximate surface area is 200 Å². The van der Waals surface area contributed by atoms with Gasteiger partial charge < -0.3 is 14.8 Å². The monoisotopic (exact) mass is 485 g/mol. The van der Waals surface area contributed by atoms with E-state index in [2.05, 4.69) is 19.5 Å². The van der Waals surface area contributed by atoms with Crippen LogP contribution in [0.2, 0.25) is 0 Å². The van der Waals surface area contributed by atoms with Crippen LogP contribution in [0.15, 0.2) is 28.7 Å². The number of hydroxylamine groups is 1. The number of rotatable bonds is 5. The predicted molar refractivity (Wildman–Crippen MR) is 128 cm³/mol. The maximum absolute atomic E-state index is 13.2. The van der Waals surface area contributed by atoms with E-state index in [9.17, 15) is 13.8 Å². The summed E-state index contributed by atoms with van der Waals surface area (Å²) in [5.74, 6) is 1.12. The van der Waals surface area contributed by atoms with Gasteiger partial charge in [-0.05, 0) is 68.5 Å². The molecule has 2 aliphatic rings. The van der Waals surface area contributed by atoms with Gasteiger partial charge in [0.1, 0.15) is 17.3 Å². The number of amidine groups is 1. The van der Waals surface area contributed by atoms with Crippen LogP contribution in [-0.4, -0.2) is 27.5 Å². The van der Waals surface area contributed by atoms with Gasteiger partial charge in [-0.25, -0.2) is 9.69 Å². The second-order valence-electron chi connectivity index (χ2n) is 8.71. The van der Waals surface area contributed by atoms with Gasteiger partial charge in [-0.15, -0.1) is 4.40 Å². The highest BCUT2D eigenvalue weighted by Crippen LogP contribution is 2.44. The van der Waals surface area contributed by atoms with Crippen molar-refractivity contribution in [3.63, 3.8) is 0 Å². The molecule has 10 heteroatoms. The molecule has 0 bridgehead atoms. The molecule has 2 unspecified atom stereocenters. The van der Waals surface area contributed by atoms with E-state index in [0.717, 1.165) is 27.8 Å². The van der Waals surface area contributed by atoms with Crippen molar-refractivity contribution in [3.8, 4) is 11.5 Å². The molecule has 2 aliphatic heterocycles. The highest BCUT2D eigenvalue weighted by Gasteiger charge is 2.41. The number of fused-ring (bicyclic) bond motifs is 1. The minimum atomic E-state index is -1.69. The fourth-order valence-corrected chi connectivity index (χ4v) is 4.62. The Hall–Kier alpha value is -3.24. The number of esters is 1. The first-order chi connectivity index (χ1) is 16.1. The maximum atomic E-state index is 13.2. The lowest BCUT2D eigenvalue weighted by Gasteiger charge is -2.36. The summed E-state index contributed by atoms with van der Waals surface area (Å²) >= 11 is -1.69. The van der Waals surface area contributed by atoms with E-state index in [-0.39, 0.29) is 11.9 Å². The smallest absolute Gasteiger partial charge is 0.309 e. The van der Waals surface area contributed by atoms with Crippen molar-refractivity contribution < 1.29 is 27.6 Å². The second kappa shape index (κ2) is 9.19. The van der Waals surface area contributed by atoms with Crippen molar-refractivity contribution in [1.82, 2.24) is 5.48 Å². The number of ether oxygens (including phenoxy) is 2. The number of anilines is 1. The largest absolute Gasteiger partial charge is 0.477 e. The Bertz CT molecular complexity index is 1220. The second-order valence-corrected chi connectivity index (χ2v) is 9.49. The third-order valence-corrected chi connectivity index (χ3v) is 6.81. The number of carbonyl (C=O) groups is 2. The van der Waals surface area contributed by atoms with Crippen molar-refractivity contribution in [2.75, 3.05) is 5.32 Å². The zero-order valence-electron chi connectivity index (χ0n) is 19.7. The van der Waals surface area contributed by atoms with Crippen molar-refractivity contribution in [1.29, 1.82) is 0 Å². The van der Waals surface area contributed by atoms with Crippen LogP contribution in [0.25, 0.3) is 0 Å². The molecule has 9 nitrogen and oxygen atoms in total. The van der Waals surface area contributed by atoms with Crippen LogP contribution < -0.4 is 20.3 Å². The molecule has 1 amide bonds. The number of hydrogen-bond donors (Lipinski definition) is 2. The molecule has 34 heavy (non-hydrogen) atoms. The van der Waals surface area contributed by atoms with E-state index in [1.807, 2.05) is 32.9 Å². The molecular formula is C24H27N3O6S. The Morgan fingerprint density at radius 1 is 1.18 bits per heavy atom. The molecule has 0 aliphatic carbocycles. The standard InChI is InChI=1S/C24H27N3O6S/c1-13-14(2)22-19(15(3)21(13)31-16(4)28)10-11-24(5,32-22)23(29)25-18-8-6-17(7-9-18)12-20-26-33-34(30)27-20/h6-9H,10-12H2,1-5H3,(H,25,29)(H,26,27). The summed E-state index contributed by atoms with van der Waals surface area (Å²) in [5, 5.41) is 2.94. The van der Waals surface area contributed by atoms with Gasteiger partial charge in [0, 0.05) is 31.0 Å². The molecule has 2 heterocycles. The first-order valence-corrected chi connectivity index (χ1v) is 11.9. The van der Waals surface area contributed by atoms with E-state index in [0.29, 0.717) is 42.3 Å². The molecule has 0 aromatic heterocycles. The molecule has 4 rings (SSSR count). The van der Waals surface area contributed by atoms with Gasteiger partial charge in [0.05, 0.1) is 0 Å². The first kappa shape index (κ1) is 23.9. The van der Waals surface area contributed by atoms with Crippen molar-refractivity contribution in [3.05, 3.63) is 52.1 Å². The fourth-order valence-electron chi connectivity index (χ4n) is 4.13. The summed E-state index contributed by atoms with van der Waals surface area (Å²) in [4.78, 5) is 24.8. The molecular weight excluding hydrogens is 458 g/mol. The number of hydrogen-bond acceptors (Lipinski definition) is 7. The Kier molecular flexibility index (Phi) is 6.46. The number of nitrogens with one attached hydrogen (secondary N) is 2. The van der Waals surface area contributed by atoms with E-state index in [4.69, 9.17) is 9.47 Å². The van der Waals surface area contributed by atoms with Gasteiger partial charge in [-0.1, -0.05) is 12.1 Å². The van der Waals surface area contributed by atoms with Crippen LogP contribution >= 0.6 is 0 Å². The molecule has 2 N–H and O–H groups in total. The van der Waals surface area contributed by atoms with Crippen LogP contribution in [0.1, 0.15) is 48.1 Å². The molecule has 2 aromatic carbocycles. The van der Waals surface area contributed by atoms with Gasteiger partial charge in [0.25, 0.3) is 5.91 Å². The molecule has 180 valence electrons. The minimum Gasteiger partial charge on any atom is -0.477 e. The Morgan fingerprint density at radius 3 is 2.50 bits per heavy atom. The molecule has 2 aromatic rings. The first-order valence-electron chi connectivity index (χ1n) is 10.9. The summed E-state index contributed by atoms with van der Waals surface area (Å²) in [7, 11) is 0. The molecule has 2 atom stereocenters. The Morgan fingerprint density at radius 2 is 1.88 bits per heavy atom. The topological polar surface area (TPSA) is 115 Å². The summed E-state index contributed by atoms with van der Waals surface area (Å²) in [6.07, 6.45) is 1.54. The lowest BCUT2D eigenvalue weighted by Crippen LogP contribution is -2.48. The van der Waals surface area contributed by atoms with Gasteiger partial charge in [-0.2, -0.15) is 4.28 Å². The molecule has 0 radical (unpaired) electrons. The van der Waals surface area contributed by atoms with Crippen molar-refractivity contribution in [2.24, 2.45) is 4.40 Å². The summed E-state index contributed by atoms with van der Waals surface area (Å²) in [5.41, 5.74) is 6.53. The summed E-state index contributed by atoms with van der Waals surface area (Å²) in [6.45, 7) is 8.87. The maximum Gasteiger partial charge on any atom is 0.309 e. The number of nitrogens with zero attached hydrogens (tertiary/aromatic N) is 1. The fraction of sp³-hybridized carbons (Fsp3) is 0.375. The average Bonchev–Trinajstić information content (AvgIpc) is 3.20. The van der Waals surface area contributed by atoms with Crippen molar-refractivity contribution >= 4 is 34.7 Å². The molecule has 0 saturated heterocycles. The van der Waals surface area contributed by atoms with Crippen LogP contribution in [0.4, 0.5) is 5.69 Å². The van der Waals surface area contributed by atoms with Gasteiger partial charge in [0.2, 0.25) is 0 Å². The van der Waals surface area contributed by atoms with E-state index < -0.39 is 16.9 Å². The summed E-state index contributed by atoms with van der Waals surface area (Å²) < 4.78 is 31.4. The number of amides is 1. The highest BCUT2D eigenvalue weighted by molar-refractivity contribution is 7.79. The van der Waals surface area contributed by atoms with Gasteiger partial charge in [0.15, 0.2) is 5.60 Å². The predicted octanol–water partition coefficient (Wildman–Crippen LogP) is 3.31. The van der Waals surface area contributed by atoms with Gasteiger partial charge >= 0.3 is 17.2 Å². The third kappa shape index (κ3) is 4.69. The van der Waals surface area contributed by atoms with Gasteiger partial charge in [-0.3, -0.25) is 9.59 Å². The Balaban J connectivity index is 1.49. The lowest BCUT2D eigenvalue weighted by atomic mass is 9.86. The minimum absolute atomic E-state index is 0.240. The van der Waals surface area contributed by atoms with Crippen molar-refractivity contribution in [2.45, 2.75) is 59.5 Å².